The Morgan fingerprint density at radius 1 is 1.05 bits per heavy atom. The van der Waals surface area contributed by atoms with Crippen LogP contribution in [0.15, 0.2) is 24.4 Å². The van der Waals surface area contributed by atoms with Crippen molar-refractivity contribution in [2.24, 2.45) is 0 Å². The van der Waals surface area contributed by atoms with Crippen molar-refractivity contribution in [3.63, 3.8) is 0 Å². The Hall–Kier alpha value is -2.16. The fourth-order valence-electron chi connectivity index (χ4n) is 2.27. The molecule has 1 aromatic carbocycles. The molecule has 2 aromatic rings. The van der Waals surface area contributed by atoms with Crippen LogP contribution >= 0.6 is 0 Å². The second kappa shape index (κ2) is 4.84. The summed E-state index contributed by atoms with van der Waals surface area (Å²) in [5, 5.41) is 8.90. The molecule has 0 aliphatic carbocycles. The second-order valence-corrected chi connectivity index (χ2v) is 4.87. The van der Waals surface area contributed by atoms with Crippen LogP contribution in [0.3, 0.4) is 0 Å². The highest BCUT2D eigenvalue weighted by Gasteiger charge is 2.12. The van der Waals surface area contributed by atoms with Crippen molar-refractivity contribution in [1.82, 2.24) is 4.98 Å². The van der Waals surface area contributed by atoms with Crippen LogP contribution in [-0.4, -0.2) is 16.1 Å². The number of carboxylic acids is 1. The van der Waals surface area contributed by atoms with Crippen LogP contribution in [0.2, 0.25) is 0 Å². The molecule has 0 saturated heterocycles. The van der Waals surface area contributed by atoms with Crippen molar-refractivity contribution >= 4 is 5.97 Å². The number of nitrogens with zero attached hydrogens (tertiary/aromatic N) is 1. The minimum absolute atomic E-state index is 0.212. The molecular weight excluding hydrogens is 238 g/mol. The summed E-state index contributed by atoms with van der Waals surface area (Å²) in [6.45, 7) is 8.31. The number of pyridine rings is 1. The lowest BCUT2D eigenvalue weighted by molar-refractivity contribution is 0.0696. The highest BCUT2D eigenvalue weighted by Crippen LogP contribution is 2.30. The fourth-order valence-corrected chi connectivity index (χ4v) is 2.27. The smallest absolute Gasteiger partial charge is 0.337 e. The Balaban J connectivity index is 2.62. The fraction of sp³-hybridized carbons (Fsp3) is 0.250. The zero-order chi connectivity index (χ0) is 14.2. The second-order valence-electron chi connectivity index (χ2n) is 4.87. The molecule has 0 bridgehead atoms. The van der Waals surface area contributed by atoms with Crippen LogP contribution in [0.1, 0.15) is 32.6 Å². The average molecular weight is 255 g/mol. The van der Waals surface area contributed by atoms with Gasteiger partial charge in [0.1, 0.15) is 0 Å². The van der Waals surface area contributed by atoms with Crippen molar-refractivity contribution in [1.29, 1.82) is 0 Å². The monoisotopic (exact) mass is 255 g/mol. The molecule has 0 spiro atoms. The number of hydrogen-bond acceptors (Lipinski definition) is 2. The molecule has 3 heteroatoms. The molecule has 0 atom stereocenters. The van der Waals surface area contributed by atoms with Crippen LogP contribution in [0, 0.1) is 27.7 Å². The number of aryl methyl sites for hydroxylation is 2. The molecule has 3 nitrogen and oxygen atoms in total. The van der Waals surface area contributed by atoms with Crippen LogP contribution in [0.4, 0.5) is 0 Å². The Morgan fingerprint density at radius 2 is 1.63 bits per heavy atom. The number of carbonyl (C=O) groups is 1. The maximum Gasteiger partial charge on any atom is 0.337 e. The summed E-state index contributed by atoms with van der Waals surface area (Å²) in [7, 11) is 0. The molecular formula is C16H17NO2. The number of carboxylic acid groups (broad SMARTS) is 1. The largest absolute Gasteiger partial charge is 0.478 e. The van der Waals surface area contributed by atoms with Crippen molar-refractivity contribution < 1.29 is 9.90 Å². The van der Waals surface area contributed by atoms with Gasteiger partial charge in [0.15, 0.2) is 0 Å². The molecule has 0 amide bonds. The summed E-state index contributed by atoms with van der Waals surface area (Å²) in [4.78, 5) is 15.1. The van der Waals surface area contributed by atoms with E-state index < -0.39 is 5.97 Å². The summed E-state index contributed by atoms with van der Waals surface area (Å²) in [6.07, 6.45) is 1.41. The standard InChI is InChI=1S/C16H17NO2/c1-9-7-10(2)12(4)15(11(9)3)14-6-5-13(8-17-14)16(18)19/h5-8H,1-4H3,(H,18,19). The predicted octanol–water partition coefficient (Wildman–Crippen LogP) is 3.68. The van der Waals surface area contributed by atoms with Gasteiger partial charge >= 0.3 is 5.97 Å². The molecule has 0 radical (unpaired) electrons. The van der Waals surface area contributed by atoms with Gasteiger partial charge in [-0.3, -0.25) is 4.98 Å². The van der Waals surface area contributed by atoms with Crippen molar-refractivity contribution in [2.75, 3.05) is 0 Å². The third-order valence-corrected chi connectivity index (χ3v) is 3.63. The molecule has 1 heterocycles. The van der Waals surface area contributed by atoms with E-state index in [9.17, 15) is 4.79 Å². The van der Waals surface area contributed by atoms with Crippen LogP contribution in [0.25, 0.3) is 11.3 Å². The van der Waals surface area contributed by atoms with Gasteiger partial charge in [-0.05, 0) is 62.1 Å². The number of rotatable bonds is 2. The van der Waals surface area contributed by atoms with Gasteiger partial charge in [0.2, 0.25) is 0 Å². The summed E-state index contributed by atoms with van der Waals surface area (Å²) in [6, 6.07) is 5.54. The molecule has 0 saturated carbocycles. The molecule has 0 fully saturated rings. The summed E-state index contributed by atoms with van der Waals surface area (Å²) < 4.78 is 0. The van der Waals surface area contributed by atoms with E-state index >= 15 is 0 Å². The van der Waals surface area contributed by atoms with E-state index in [-0.39, 0.29) is 5.56 Å². The lowest BCUT2D eigenvalue weighted by atomic mass is 9.92. The van der Waals surface area contributed by atoms with Gasteiger partial charge in [-0.25, -0.2) is 4.79 Å². The quantitative estimate of drug-likeness (QED) is 0.890. The van der Waals surface area contributed by atoms with Crippen LogP contribution < -0.4 is 0 Å². The van der Waals surface area contributed by atoms with Gasteiger partial charge in [-0.15, -0.1) is 0 Å². The van der Waals surface area contributed by atoms with Gasteiger partial charge in [-0.2, -0.15) is 0 Å². The van der Waals surface area contributed by atoms with Gasteiger partial charge in [0.05, 0.1) is 11.3 Å². The van der Waals surface area contributed by atoms with E-state index in [0.29, 0.717) is 0 Å². The van der Waals surface area contributed by atoms with Gasteiger partial charge in [0.25, 0.3) is 0 Å². The Kier molecular flexibility index (Phi) is 3.38. The molecule has 1 aromatic heterocycles. The van der Waals surface area contributed by atoms with Gasteiger partial charge in [0, 0.05) is 11.8 Å². The Bertz CT molecular complexity index is 617. The molecule has 98 valence electrons. The summed E-state index contributed by atoms with van der Waals surface area (Å²) in [5.74, 6) is -0.951. The molecule has 0 aliphatic rings. The molecule has 1 N–H and O–H groups in total. The van der Waals surface area contributed by atoms with E-state index in [2.05, 4.69) is 38.7 Å². The first-order chi connectivity index (χ1) is 8.91. The third-order valence-electron chi connectivity index (χ3n) is 3.63. The number of hydrogen-bond donors (Lipinski definition) is 1. The van der Waals surface area contributed by atoms with Gasteiger partial charge < -0.3 is 5.11 Å². The predicted molar refractivity (Wildman–Crippen MR) is 75.6 cm³/mol. The van der Waals surface area contributed by atoms with E-state index in [0.717, 1.165) is 11.3 Å². The molecule has 2 rings (SSSR count). The molecule has 0 unspecified atom stereocenters. The Labute approximate surface area is 112 Å². The molecule has 19 heavy (non-hydrogen) atoms. The van der Waals surface area contributed by atoms with Crippen LogP contribution in [-0.2, 0) is 0 Å². The maximum atomic E-state index is 10.9. The van der Waals surface area contributed by atoms with E-state index in [1.54, 1.807) is 12.1 Å². The van der Waals surface area contributed by atoms with E-state index in [4.69, 9.17) is 5.11 Å². The zero-order valence-corrected chi connectivity index (χ0v) is 11.6. The summed E-state index contributed by atoms with van der Waals surface area (Å²) in [5.41, 5.74) is 6.98. The topological polar surface area (TPSA) is 50.2 Å². The van der Waals surface area contributed by atoms with Crippen molar-refractivity contribution in [3.8, 4) is 11.3 Å². The van der Waals surface area contributed by atoms with Crippen LogP contribution in [0.5, 0.6) is 0 Å². The Morgan fingerprint density at radius 3 is 2.05 bits per heavy atom. The lowest BCUT2D eigenvalue weighted by Crippen LogP contribution is -2.00. The van der Waals surface area contributed by atoms with Crippen molar-refractivity contribution in [3.05, 3.63) is 52.2 Å². The van der Waals surface area contributed by atoms with Crippen molar-refractivity contribution in [2.45, 2.75) is 27.7 Å². The first-order valence-electron chi connectivity index (χ1n) is 6.19. The number of aromatic nitrogens is 1. The number of benzene rings is 1. The number of aromatic carboxylic acids is 1. The lowest BCUT2D eigenvalue weighted by Gasteiger charge is -2.14. The zero-order valence-electron chi connectivity index (χ0n) is 11.6. The first kappa shape index (κ1) is 13.3. The SMILES string of the molecule is Cc1cc(C)c(C)c(-c2ccc(C(=O)O)cn2)c1C. The van der Waals surface area contributed by atoms with Gasteiger partial charge in [-0.1, -0.05) is 6.07 Å². The van der Waals surface area contributed by atoms with E-state index in [1.165, 1.54) is 28.5 Å². The third kappa shape index (κ3) is 2.36. The highest BCUT2D eigenvalue weighted by atomic mass is 16.4. The highest BCUT2D eigenvalue weighted by molar-refractivity contribution is 5.87. The van der Waals surface area contributed by atoms with E-state index in [1.807, 2.05) is 0 Å². The summed E-state index contributed by atoms with van der Waals surface area (Å²) >= 11 is 0. The first-order valence-corrected chi connectivity index (χ1v) is 6.19. The minimum atomic E-state index is -0.951. The molecule has 0 aliphatic heterocycles. The maximum absolute atomic E-state index is 10.9. The average Bonchev–Trinajstić information content (AvgIpc) is 2.37. The normalized spacial score (nSPS) is 10.5. The minimum Gasteiger partial charge on any atom is -0.478 e.